The molecule has 0 atom stereocenters. The Labute approximate surface area is 69.3 Å². The fourth-order valence-electron chi connectivity index (χ4n) is 1.22. The van der Waals surface area contributed by atoms with Crippen LogP contribution in [0.4, 0.5) is 4.79 Å². The second-order valence-corrected chi connectivity index (χ2v) is 2.62. The van der Waals surface area contributed by atoms with Crippen LogP contribution in [0.3, 0.4) is 0 Å². The van der Waals surface area contributed by atoms with Gasteiger partial charge in [0.15, 0.2) is 0 Å². The van der Waals surface area contributed by atoms with E-state index >= 15 is 0 Å². The minimum atomic E-state index is -0.918. The zero-order valence-electron chi connectivity index (χ0n) is 6.34. The quantitative estimate of drug-likeness (QED) is 0.630. The van der Waals surface area contributed by atoms with Crippen LogP contribution in [-0.2, 0) is 6.54 Å². The minimum absolute atomic E-state index is 0.429. The van der Waals surface area contributed by atoms with Crippen LogP contribution in [0.5, 0.6) is 0 Å². The Bertz CT molecular complexity index is 341. The molecule has 4 nitrogen and oxygen atoms in total. The zero-order chi connectivity index (χ0) is 8.55. The smallest absolute Gasteiger partial charge is 0.411 e. The van der Waals surface area contributed by atoms with Crippen LogP contribution in [0.15, 0.2) is 24.5 Å². The maximum Gasteiger partial charge on any atom is 0.411 e. The number of carboxylic acid groups (broad SMARTS) is 1. The lowest BCUT2D eigenvalue weighted by Crippen LogP contribution is -2.26. The summed E-state index contributed by atoms with van der Waals surface area (Å²) in [4.78, 5) is 11.8. The minimum Gasteiger partial charge on any atom is -0.465 e. The van der Waals surface area contributed by atoms with Crippen molar-refractivity contribution < 1.29 is 9.90 Å². The van der Waals surface area contributed by atoms with Crippen molar-refractivity contribution in [1.82, 2.24) is 9.47 Å². The lowest BCUT2D eigenvalue weighted by molar-refractivity contribution is 0.159. The summed E-state index contributed by atoms with van der Waals surface area (Å²) in [5.41, 5.74) is 0.986. The predicted molar refractivity (Wildman–Crippen MR) is 43.3 cm³/mol. The number of aromatic nitrogens is 1. The van der Waals surface area contributed by atoms with Gasteiger partial charge in [-0.15, -0.1) is 0 Å². The summed E-state index contributed by atoms with van der Waals surface area (Å²) >= 11 is 0. The molecule has 1 aliphatic rings. The molecular weight excluding hydrogens is 156 g/mol. The summed E-state index contributed by atoms with van der Waals surface area (Å²) in [6.07, 6.45) is 4.26. The van der Waals surface area contributed by atoms with Crippen molar-refractivity contribution in [3.63, 3.8) is 0 Å². The molecule has 2 rings (SSSR count). The number of carbonyl (C=O) groups is 1. The lowest BCUT2D eigenvalue weighted by Gasteiger charge is -2.19. The molecule has 0 aliphatic carbocycles. The maximum absolute atomic E-state index is 10.6. The molecular formula is C8H8N2O2. The Morgan fingerprint density at radius 3 is 3.08 bits per heavy atom. The van der Waals surface area contributed by atoms with Crippen LogP contribution in [0.25, 0.3) is 6.20 Å². The number of rotatable bonds is 0. The Morgan fingerprint density at radius 1 is 1.50 bits per heavy atom. The molecule has 1 amide bonds. The van der Waals surface area contributed by atoms with E-state index in [2.05, 4.69) is 0 Å². The Kier molecular flexibility index (Phi) is 1.40. The SMILES string of the molecule is O=C(O)N1C=Cn2cccc2C1. The van der Waals surface area contributed by atoms with E-state index in [1.165, 1.54) is 4.90 Å². The third-order valence-corrected chi connectivity index (χ3v) is 1.85. The fourth-order valence-corrected chi connectivity index (χ4v) is 1.22. The van der Waals surface area contributed by atoms with E-state index in [-0.39, 0.29) is 0 Å². The summed E-state index contributed by atoms with van der Waals surface area (Å²) in [6, 6.07) is 3.80. The molecule has 0 saturated heterocycles. The first-order valence-corrected chi connectivity index (χ1v) is 3.61. The standard InChI is InChI=1S/C8H8N2O2/c11-8(12)10-5-4-9-3-1-2-7(9)6-10/h1-5H,6H2,(H,11,12). The summed E-state index contributed by atoms with van der Waals surface area (Å²) in [5, 5.41) is 8.67. The number of nitrogens with zero attached hydrogens (tertiary/aromatic N) is 2. The first-order chi connectivity index (χ1) is 5.77. The molecule has 62 valence electrons. The summed E-state index contributed by atoms with van der Waals surface area (Å²) in [7, 11) is 0. The average molecular weight is 164 g/mol. The van der Waals surface area contributed by atoms with Crippen molar-refractivity contribution in [2.24, 2.45) is 0 Å². The van der Waals surface area contributed by atoms with Crippen LogP contribution in [0.2, 0.25) is 0 Å². The molecule has 0 aromatic carbocycles. The highest BCUT2D eigenvalue weighted by molar-refractivity contribution is 5.67. The zero-order valence-corrected chi connectivity index (χ0v) is 6.34. The van der Waals surface area contributed by atoms with Gasteiger partial charge in [0, 0.05) is 24.3 Å². The van der Waals surface area contributed by atoms with Gasteiger partial charge in [0.05, 0.1) is 6.54 Å². The summed E-state index contributed by atoms with van der Waals surface area (Å²) in [5.74, 6) is 0. The third-order valence-electron chi connectivity index (χ3n) is 1.85. The van der Waals surface area contributed by atoms with Crippen molar-refractivity contribution in [3.8, 4) is 0 Å². The molecule has 0 radical (unpaired) electrons. The van der Waals surface area contributed by atoms with Gasteiger partial charge < -0.3 is 9.67 Å². The van der Waals surface area contributed by atoms with E-state index in [4.69, 9.17) is 5.11 Å². The van der Waals surface area contributed by atoms with Gasteiger partial charge in [-0.1, -0.05) is 0 Å². The summed E-state index contributed by atoms with van der Waals surface area (Å²) in [6.45, 7) is 0.429. The number of amides is 1. The van der Waals surface area contributed by atoms with Gasteiger partial charge in [0.25, 0.3) is 0 Å². The first-order valence-electron chi connectivity index (χ1n) is 3.61. The Hall–Kier alpha value is -1.71. The van der Waals surface area contributed by atoms with Gasteiger partial charge in [-0.25, -0.2) is 4.79 Å². The summed E-state index contributed by atoms with van der Waals surface area (Å²) < 4.78 is 1.90. The van der Waals surface area contributed by atoms with Gasteiger partial charge in [0.1, 0.15) is 0 Å². The molecule has 0 saturated carbocycles. The highest BCUT2D eigenvalue weighted by atomic mass is 16.4. The molecule has 1 aliphatic heterocycles. The second kappa shape index (κ2) is 2.41. The van der Waals surface area contributed by atoms with Crippen molar-refractivity contribution in [2.45, 2.75) is 6.54 Å². The largest absolute Gasteiger partial charge is 0.465 e. The van der Waals surface area contributed by atoms with E-state index in [1.807, 2.05) is 22.9 Å². The first kappa shape index (κ1) is 6.97. The van der Waals surface area contributed by atoms with Gasteiger partial charge in [-0.2, -0.15) is 0 Å². The molecule has 0 fully saturated rings. The number of hydrogen-bond donors (Lipinski definition) is 1. The average Bonchev–Trinajstić information content (AvgIpc) is 2.49. The lowest BCUT2D eigenvalue weighted by atomic mass is 10.4. The Morgan fingerprint density at radius 2 is 2.33 bits per heavy atom. The molecule has 12 heavy (non-hydrogen) atoms. The van der Waals surface area contributed by atoms with Crippen molar-refractivity contribution in [1.29, 1.82) is 0 Å². The van der Waals surface area contributed by atoms with Crippen LogP contribution in [0, 0.1) is 0 Å². The van der Waals surface area contributed by atoms with E-state index in [1.54, 1.807) is 12.4 Å². The molecule has 1 N–H and O–H groups in total. The number of fused-ring (bicyclic) bond motifs is 1. The maximum atomic E-state index is 10.6. The van der Waals surface area contributed by atoms with Crippen LogP contribution in [0.1, 0.15) is 5.69 Å². The van der Waals surface area contributed by atoms with E-state index in [9.17, 15) is 4.79 Å². The van der Waals surface area contributed by atoms with E-state index in [0.29, 0.717) is 6.54 Å². The molecule has 0 bridgehead atoms. The van der Waals surface area contributed by atoms with E-state index in [0.717, 1.165) is 5.69 Å². The van der Waals surface area contributed by atoms with Crippen molar-refractivity contribution in [2.75, 3.05) is 0 Å². The van der Waals surface area contributed by atoms with Gasteiger partial charge >= 0.3 is 6.09 Å². The topological polar surface area (TPSA) is 45.5 Å². The molecule has 0 unspecified atom stereocenters. The fraction of sp³-hybridized carbons (Fsp3) is 0.125. The van der Waals surface area contributed by atoms with Crippen LogP contribution in [-0.4, -0.2) is 20.7 Å². The number of hydrogen-bond acceptors (Lipinski definition) is 1. The molecule has 2 heterocycles. The molecule has 1 aromatic heterocycles. The molecule has 0 spiro atoms. The van der Waals surface area contributed by atoms with Gasteiger partial charge in [0.2, 0.25) is 0 Å². The Balaban J connectivity index is 2.30. The van der Waals surface area contributed by atoms with Crippen LogP contribution < -0.4 is 0 Å². The predicted octanol–water partition coefficient (Wildman–Crippen LogP) is 1.41. The highest BCUT2D eigenvalue weighted by Crippen LogP contribution is 2.12. The second-order valence-electron chi connectivity index (χ2n) is 2.62. The van der Waals surface area contributed by atoms with E-state index < -0.39 is 6.09 Å². The molecule has 1 aromatic rings. The van der Waals surface area contributed by atoms with Crippen molar-refractivity contribution >= 4 is 12.3 Å². The normalized spacial score (nSPS) is 14.5. The van der Waals surface area contributed by atoms with Crippen LogP contribution >= 0.6 is 0 Å². The van der Waals surface area contributed by atoms with Crippen molar-refractivity contribution in [3.05, 3.63) is 30.2 Å². The molecule has 4 heteroatoms. The van der Waals surface area contributed by atoms with Gasteiger partial charge in [-0.05, 0) is 12.1 Å². The monoisotopic (exact) mass is 164 g/mol. The highest BCUT2D eigenvalue weighted by Gasteiger charge is 2.14. The third kappa shape index (κ3) is 0.972. The van der Waals surface area contributed by atoms with Gasteiger partial charge in [-0.3, -0.25) is 4.90 Å².